The summed E-state index contributed by atoms with van der Waals surface area (Å²) in [6.07, 6.45) is 0. The minimum Gasteiger partial charge on any atom is -0.430 e. The van der Waals surface area contributed by atoms with Crippen molar-refractivity contribution in [1.82, 2.24) is 15.5 Å². The molecule has 1 N–H and O–H groups in total. The summed E-state index contributed by atoms with van der Waals surface area (Å²) < 4.78 is 5.65. The second kappa shape index (κ2) is 5.44. The molecule has 0 unspecified atom stereocenters. The van der Waals surface area contributed by atoms with Crippen LogP contribution in [0.15, 0.2) is 18.2 Å². The zero-order valence-corrected chi connectivity index (χ0v) is 11.1. The molecule has 1 aromatic heterocycles. The van der Waals surface area contributed by atoms with Gasteiger partial charge in [0, 0.05) is 11.6 Å². The van der Waals surface area contributed by atoms with Crippen LogP contribution in [0, 0.1) is 6.92 Å². The number of hydrogen-bond acceptors (Lipinski definition) is 5. The molecule has 6 heteroatoms. The summed E-state index contributed by atoms with van der Waals surface area (Å²) in [7, 11) is 1.87. The molecule has 0 aliphatic heterocycles. The Morgan fingerprint density at radius 2 is 2.24 bits per heavy atom. The van der Waals surface area contributed by atoms with Crippen molar-refractivity contribution >= 4 is 22.9 Å². The number of benzene rings is 1. The van der Waals surface area contributed by atoms with E-state index in [1.807, 2.05) is 26.1 Å². The van der Waals surface area contributed by atoms with Gasteiger partial charge in [0.15, 0.2) is 0 Å². The monoisotopic (exact) mass is 269 g/mol. The summed E-state index contributed by atoms with van der Waals surface area (Å²) in [6, 6.07) is 5.47. The van der Waals surface area contributed by atoms with Gasteiger partial charge in [-0.25, -0.2) is 0 Å². The Morgan fingerprint density at radius 1 is 1.41 bits per heavy atom. The van der Waals surface area contributed by atoms with Gasteiger partial charge in [-0.15, -0.1) is 5.10 Å². The van der Waals surface area contributed by atoms with Crippen molar-refractivity contribution in [3.63, 3.8) is 0 Å². The molecule has 90 valence electrons. The first kappa shape index (κ1) is 12.3. The van der Waals surface area contributed by atoms with E-state index in [-0.39, 0.29) is 0 Å². The zero-order chi connectivity index (χ0) is 12.3. The van der Waals surface area contributed by atoms with Gasteiger partial charge in [0.2, 0.25) is 0 Å². The van der Waals surface area contributed by atoms with Crippen LogP contribution in [-0.4, -0.2) is 17.2 Å². The lowest BCUT2D eigenvalue weighted by Gasteiger charge is -2.04. The highest BCUT2D eigenvalue weighted by atomic mass is 35.5. The molecule has 0 aliphatic carbocycles. The van der Waals surface area contributed by atoms with Crippen LogP contribution in [0.3, 0.4) is 0 Å². The second-order valence-corrected chi connectivity index (χ2v) is 4.96. The Labute approximate surface area is 109 Å². The summed E-state index contributed by atoms with van der Waals surface area (Å²) >= 11 is 7.30. The van der Waals surface area contributed by atoms with Crippen molar-refractivity contribution in [3.8, 4) is 10.9 Å². The van der Waals surface area contributed by atoms with E-state index in [9.17, 15) is 0 Å². The third kappa shape index (κ3) is 3.15. The first-order valence-corrected chi connectivity index (χ1v) is 6.29. The fourth-order valence-corrected chi connectivity index (χ4v) is 2.26. The maximum absolute atomic E-state index is 5.88. The standard InChI is InChI=1S/C11H12ClN3OS/c1-7-5-8(12)3-4-9(7)16-11-15-14-10(17-11)6-13-2/h3-5,13H,6H2,1-2H3. The average molecular weight is 270 g/mol. The van der Waals surface area contributed by atoms with Crippen LogP contribution in [0.4, 0.5) is 0 Å². The van der Waals surface area contributed by atoms with Crippen LogP contribution in [-0.2, 0) is 6.54 Å². The molecule has 17 heavy (non-hydrogen) atoms. The molecule has 0 radical (unpaired) electrons. The topological polar surface area (TPSA) is 47.0 Å². The summed E-state index contributed by atoms with van der Waals surface area (Å²) in [5.74, 6) is 0.751. The maximum Gasteiger partial charge on any atom is 0.299 e. The van der Waals surface area contributed by atoms with Crippen molar-refractivity contribution < 1.29 is 4.74 Å². The Bertz CT molecular complexity index is 515. The van der Waals surface area contributed by atoms with E-state index in [2.05, 4.69) is 15.5 Å². The van der Waals surface area contributed by atoms with Crippen molar-refractivity contribution in [2.45, 2.75) is 13.5 Å². The molecule has 0 aliphatic rings. The fourth-order valence-electron chi connectivity index (χ4n) is 1.32. The van der Waals surface area contributed by atoms with Crippen LogP contribution in [0.5, 0.6) is 10.9 Å². The van der Waals surface area contributed by atoms with E-state index in [0.29, 0.717) is 16.8 Å². The number of hydrogen-bond donors (Lipinski definition) is 1. The van der Waals surface area contributed by atoms with Gasteiger partial charge in [-0.05, 0) is 37.7 Å². The molecule has 1 heterocycles. The number of ether oxygens (including phenoxy) is 1. The second-order valence-electron chi connectivity index (χ2n) is 3.50. The summed E-state index contributed by atoms with van der Waals surface area (Å²) in [4.78, 5) is 0. The van der Waals surface area contributed by atoms with Crippen molar-refractivity contribution in [2.24, 2.45) is 0 Å². The van der Waals surface area contributed by atoms with E-state index in [4.69, 9.17) is 16.3 Å². The first-order valence-electron chi connectivity index (χ1n) is 5.10. The fraction of sp³-hybridized carbons (Fsp3) is 0.273. The van der Waals surface area contributed by atoms with E-state index in [1.165, 1.54) is 11.3 Å². The Kier molecular flexibility index (Phi) is 3.93. The lowest BCUT2D eigenvalue weighted by molar-refractivity contribution is 0.469. The van der Waals surface area contributed by atoms with Crippen LogP contribution in [0.25, 0.3) is 0 Å². The molecule has 1 aromatic carbocycles. The van der Waals surface area contributed by atoms with Crippen LogP contribution >= 0.6 is 22.9 Å². The Morgan fingerprint density at radius 3 is 2.94 bits per heavy atom. The third-order valence-electron chi connectivity index (χ3n) is 2.11. The largest absolute Gasteiger partial charge is 0.430 e. The van der Waals surface area contributed by atoms with Gasteiger partial charge in [0.25, 0.3) is 5.19 Å². The van der Waals surface area contributed by atoms with Gasteiger partial charge in [-0.2, -0.15) is 0 Å². The van der Waals surface area contributed by atoms with Crippen molar-refractivity contribution in [1.29, 1.82) is 0 Å². The van der Waals surface area contributed by atoms with Crippen LogP contribution in [0.1, 0.15) is 10.6 Å². The molecule has 2 aromatic rings. The van der Waals surface area contributed by atoms with E-state index >= 15 is 0 Å². The minimum atomic E-state index is 0.542. The lowest BCUT2D eigenvalue weighted by Crippen LogP contribution is -2.04. The first-order chi connectivity index (χ1) is 8.19. The Hall–Kier alpha value is -1.17. The number of halogens is 1. The van der Waals surface area contributed by atoms with Crippen LogP contribution < -0.4 is 10.1 Å². The van der Waals surface area contributed by atoms with E-state index < -0.39 is 0 Å². The third-order valence-corrected chi connectivity index (χ3v) is 3.15. The van der Waals surface area contributed by atoms with Crippen molar-refractivity contribution in [3.05, 3.63) is 33.8 Å². The molecule has 2 rings (SSSR count). The maximum atomic E-state index is 5.88. The molecular weight excluding hydrogens is 258 g/mol. The van der Waals surface area contributed by atoms with Gasteiger partial charge in [-0.3, -0.25) is 0 Å². The minimum absolute atomic E-state index is 0.542. The summed E-state index contributed by atoms with van der Waals surface area (Å²) in [5.41, 5.74) is 0.975. The molecule has 0 bridgehead atoms. The molecule has 0 saturated carbocycles. The molecule has 0 fully saturated rings. The Balaban J connectivity index is 2.13. The molecule has 0 atom stereocenters. The molecule has 4 nitrogen and oxygen atoms in total. The summed E-state index contributed by atoms with van der Waals surface area (Å²) in [5, 5.41) is 13.1. The van der Waals surface area contributed by atoms with Gasteiger partial charge in [0.1, 0.15) is 10.8 Å². The number of aromatic nitrogens is 2. The van der Waals surface area contributed by atoms with Gasteiger partial charge in [-0.1, -0.05) is 28.0 Å². The van der Waals surface area contributed by atoms with Gasteiger partial charge >= 0.3 is 0 Å². The lowest BCUT2D eigenvalue weighted by atomic mass is 10.2. The predicted molar refractivity (Wildman–Crippen MR) is 68.9 cm³/mol. The molecule has 0 spiro atoms. The number of rotatable bonds is 4. The smallest absolute Gasteiger partial charge is 0.299 e. The molecule has 0 saturated heterocycles. The van der Waals surface area contributed by atoms with Gasteiger partial charge < -0.3 is 10.1 Å². The van der Waals surface area contributed by atoms with E-state index in [0.717, 1.165) is 16.3 Å². The predicted octanol–water partition coefficient (Wildman–Crippen LogP) is 3.01. The average Bonchev–Trinajstić information content (AvgIpc) is 2.71. The number of aryl methyl sites for hydroxylation is 1. The zero-order valence-electron chi connectivity index (χ0n) is 9.53. The highest BCUT2D eigenvalue weighted by molar-refractivity contribution is 7.13. The van der Waals surface area contributed by atoms with Crippen LogP contribution in [0.2, 0.25) is 5.02 Å². The highest BCUT2D eigenvalue weighted by Gasteiger charge is 2.07. The summed E-state index contributed by atoms with van der Waals surface area (Å²) in [6.45, 7) is 2.64. The number of nitrogens with zero attached hydrogens (tertiary/aromatic N) is 2. The number of nitrogens with one attached hydrogen (secondary N) is 1. The SMILES string of the molecule is CNCc1nnc(Oc2ccc(Cl)cc2C)s1. The van der Waals surface area contributed by atoms with Crippen molar-refractivity contribution in [2.75, 3.05) is 7.05 Å². The van der Waals surface area contributed by atoms with Gasteiger partial charge in [0.05, 0.1) is 0 Å². The molecular formula is C11H12ClN3OS. The molecule has 0 amide bonds. The quantitative estimate of drug-likeness (QED) is 0.927. The normalized spacial score (nSPS) is 10.5. The van der Waals surface area contributed by atoms with E-state index in [1.54, 1.807) is 6.07 Å². The highest BCUT2D eigenvalue weighted by Crippen LogP contribution is 2.29.